The van der Waals surface area contributed by atoms with E-state index in [1.807, 2.05) is 25.2 Å². The number of thiazole rings is 1. The van der Waals surface area contributed by atoms with Gasteiger partial charge in [-0.05, 0) is 55.1 Å². The molecular formula is C23H22N6O3S2. The first kappa shape index (κ1) is 22.5. The predicted molar refractivity (Wildman–Crippen MR) is 128 cm³/mol. The van der Waals surface area contributed by atoms with Crippen LogP contribution >= 0.6 is 11.3 Å². The molecule has 174 valence electrons. The van der Waals surface area contributed by atoms with Crippen LogP contribution in [0.4, 0.5) is 10.5 Å². The Labute approximate surface area is 201 Å². The van der Waals surface area contributed by atoms with Gasteiger partial charge in [-0.3, -0.25) is 0 Å². The molecule has 1 aliphatic carbocycles. The molecule has 0 bridgehead atoms. The van der Waals surface area contributed by atoms with Crippen LogP contribution in [-0.2, 0) is 35.8 Å². The Hall–Kier alpha value is -3.33. The summed E-state index contributed by atoms with van der Waals surface area (Å²) in [5.41, 5.74) is 5.11. The third-order valence-corrected chi connectivity index (χ3v) is 8.86. The minimum absolute atomic E-state index is 0.103. The molecule has 0 spiro atoms. The minimum atomic E-state index is -4.12. The molecule has 0 saturated heterocycles. The average Bonchev–Trinajstić information content (AvgIpc) is 3.46. The van der Waals surface area contributed by atoms with E-state index in [0.29, 0.717) is 24.2 Å². The number of hydrogen-bond donors (Lipinski definition) is 2. The minimum Gasteiger partial charge on any atom is -0.306 e. The summed E-state index contributed by atoms with van der Waals surface area (Å²) < 4.78 is 27.9. The SMILES string of the molecule is CN1CCc2nc(S(=O)(=O)NC(=O)Nc3c(-c4ccnc(C#N)c4)ccc4c3CCC4)sc2C1. The van der Waals surface area contributed by atoms with Crippen molar-refractivity contribution < 1.29 is 13.2 Å². The fourth-order valence-corrected chi connectivity index (χ4v) is 6.82. The van der Waals surface area contributed by atoms with Crippen LogP contribution in [0.3, 0.4) is 0 Å². The van der Waals surface area contributed by atoms with Gasteiger partial charge in [-0.15, -0.1) is 11.3 Å². The van der Waals surface area contributed by atoms with Crippen molar-refractivity contribution in [1.29, 1.82) is 5.26 Å². The van der Waals surface area contributed by atoms with Gasteiger partial charge in [0.05, 0.1) is 11.4 Å². The lowest BCUT2D eigenvalue weighted by atomic mass is 9.97. The Morgan fingerprint density at radius 1 is 1.24 bits per heavy atom. The van der Waals surface area contributed by atoms with E-state index in [9.17, 15) is 18.5 Å². The number of nitrogens with one attached hydrogen (secondary N) is 2. The lowest BCUT2D eigenvalue weighted by Crippen LogP contribution is -2.34. The van der Waals surface area contributed by atoms with Crippen molar-refractivity contribution in [3.8, 4) is 17.2 Å². The Morgan fingerprint density at radius 2 is 2.09 bits per heavy atom. The second-order valence-electron chi connectivity index (χ2n) is 8.42. The van der Waals surface area contributed by atoms with Crippen LogP contribution in [0.1, 0.15) is 33.8 Å². The number of pyridine rings is 1. The largest absolute Gasteiger partial charge is 0.333 e. The molecule has 0 atom stereocenters. The highest BCUT2D eigenvalue weighted by Gasteiger charge is 2.28. The molecule has 2 aromatic heterocycles. The molecule has 0 saturated carbocycles. The Kier molecular flexibility index (Phi) is 5.81. The summed E-state index contributed by atoms with van der Waals surface area (Å²) in [6.45, 7) is 1.46. The van der Waals surface area contributed by atoms with Gasteiger partial charge in [-0.25, -0.2) is 19.5 Å². The summed E-state index contributed by atoms with van der Waals surface area (Å²) in [6.07, 6.45) is 4.83. The number of benzene rings is 1. The molecule has 1 aliphatic heterocycles. The second-order valence-corrected chi connectivity index (χ2v) is 11.4. The Bertz CT molecular complexity index is 1440. The number of fused-ring (bicyclic) bond motifs is 2. The van der Waals surface area contributed by atoms with Gasteiger partial charge in [0.1, 0.15) is 11.8 Å². The normalized spacial score (nSPS) is 15.3. The van der Waals surface area contributed by atoms with E-state index in [0.717, 1.165) is 64.4 Å². The number of carbonyl (C=O) groups is 1. The van der Waals surface area contributed by atoms with Gasteiger partial charge < -0.3 is 10.2 Å². The van der Waals surface area contributed by atoms with Crippen LogP contribution in [0.15, 0.2) is 34.8 Å². The van der Waals surface area contributed by atoms with Crippen LogP contribution in [0, 0.1) is 11.3 Å². The number of nitrogens with zero attached hydrogens (tertiary/aromatic N) is 4. The number of nitriles is 1. The summed E-state index contributed by atoms with van der Waals surface area (Å²) >= 11 is 1.10. The van der Waals surface area contributed by atoms with Crippen molar-refractivity contribution in [1.82, 2.24) is 19.6 Å². The molecule has 0 radical (unpaired) electrons. The van der Waals surface area contributed by atoms with Gasteiger partial charge in [0.25, 0.3) is 10.0 Å². The van der Waals surface area contributed by atoms with Gasteiger partial charge in [0, 0.05) is 36.1 Å². The number of rotatable bonds is 4. The number of likely N-dealkylation sites (N-methyl/N-ethyl adjacent to an activating group) is 1. The van der Waals surface area contributed by atoms with Gasteiger partial charge >= 0.3 is 6.03 Å². The third kappa shape index (κ3) is 4.27. The van der Waals surface area contributed by atoms with Crippen molar-refractivity contribution in [2.45, 2.75) is 36.6 Å². The first-order chi connectivity index (χ1) is 16.3. The summed E-state index contributed by atoms with van der Waals surface area (Å²) in [4.78, 5) is 24.2. The second kappa shape index (κ2) is 8.79. The van der Waals surface area contributed by atoms with Gasteiger partial charge in [-0.1, -0.05) is 12.1 Å². The van der Waals surface area contributed by atoms with Gasteiger partial charge in [0.15, 0.2) is 0 Å². The number of carbonyl (C=O) groups excluding carboxylic acids is 1. The molecule has 0 unspecified atom stereocenters. The molecule has 2 N–H and O–H groups in total. The van der Waals surface area contributed by atoms with E-state index in [-0.39, 0.29) is 10.0 Å². The maximum atomic E-state index is 12.9. The summed E-state index contributed by atoms with van der Waals surface area (Å²) in [6, 6.07) is 8.48. The number of anilines is 1. The first-order valence-electron chi connectivity index (χ1n) is 10.9. The van der Waals surface area contributed by atoms with Crippen LogP contribution in [0.5, 0.6) is 0 Å². The Morgan fingerprint density at radius 3 is 2.91 bits per heavy atom. The molecular weight excluding hydrogens is 472 g/mol. The number of urea groups is 1. The highest BCUT2D eigenvalue weighted by Crippen LogP contribution is 2.37. The number of amides is 2. The molecule has 2 amide bonds. The van der Waals surface area contributed by atoms with Crippen LogP contribution < -0.4 is 10.0 Å². The van der Waals surface area contributed by atoms with Gasteiger partial charge in [0.2, 0.25) is 4.34 Å². The zero-order chi connectivity index (χ0) is 23.9. The number of aryl methyl sites for hydroxylation is 1. The van der Waals surface area contributed by atoms with E-state index in [1.165, 1.54) is 6.20 Å². The highest BCUT2D eigenvalue weighted by molar-refractivity contribution is 7.92. The molecule has 0 fully saturated rings. The summed E-state index contributed by atoms with van der Waals surface area (Å²) in [5, 5.41) is 12.0. The van der Waals surface area contributed by atoms with Crippen molar-refractivity contribution in [2.75, 3.05) is 18.9 Å². The van der Waals surface area contributed by atoms with Crippen molar-refractivity contribution in [2.24, 2.45) is 0 Å². The standard InChI is InChI=1S/C23H22N6O3S2/c1-29-10-8-19-20(13-29)33-23(26-19)34(31,32)28-22(30)27-21-17-4-2-3-14(17)5-6-18(21)15-7-9-25-16(11-15)12-24/h5-7,9,11H,2-4,8,10,13H2,1H3,(H2,27,28,30). The average molecular weight is 495 g/mol. The van der Waals surface area contributed by atoms with E-state index in [2.05, 4.69) is 24.9 Å². The molecule has 11 heteroatoms. The maximum Gasteiger partial charge on any atom is 0.333 e. The first-order valence-corrected chi connectivity index (χ1v) is 13.2. The monoisotopic (exact) mass is 494 g/mol. The van der Waals surface area contributed by atoms with Crippen LogP contribution in [-0.4, -0.2) is 42.9 Å². The van der Waals surface area contributed by atoms with Crippen molar-refractivity contribution in [3.05, 3.63) is 57.9 Å². The Balaban J connectivity index is 1.44. The van der Waals surface area contributed by atoms with Crippen LogP contribution in [0.2, 0.25) is 0 Å². The van der Waals surface area contributed by atoms with E-state index >= 15 is 0 Å². The smallest absolute Gasteiger partial charge is 0.306 e. The molecule has 1 aromatic carbocycles. The number of hydrogen-bond acceptors (Lipinski definition) is 8. The fourth-order valence-electron chi connectivity index (χ4n) is 4.43. The highest BCUT2D eigenvalue weighted by atomic mass is 32.2. The molecule has 2 aliphatic rings. The lowest BCUT2D eigenvalue weighted by Gasteiger charge is -2.20. The third-order valence-electron chi connectivity index (χ3n) is 6.07. The summed E-state index contributed by atoms with van der Waals surface area (Å²) in [5.74, 6) is 0. The zero-order valence-corrected chi connectivity index (χ0v) is 20.1. The quantitative estimate of drug-likeness (QED) is 0.570. The van der Waals surface area contributed by atoms with E-state index < -0.39 is 16.1 Å². The van der Waals surface area contributed by atoms with E-state index in [1.54, 1.807) is 12.1 Å². The zero-order valence-electron chi connectivity index (χ0n) is 18.5. The molecule has 3 heterocycles. The van der Waals surface area contributed by atoms with Gasteiger partial charge in [-0.2, -0.15) is 13.7 Å². The molecule has 34 heavy (non-hydrogen) atoms. The topological polar surface area (TPSA) is 128 Å². The van der Waals surface area contributed by atoms with Crippen LogP contribution in [0.25, 0.3) is 11.1 Å². The maximum absolute atomic E-state index is 12.9. The van der Waals surface area contributed by atoms with Crippen molar-refractivity contribution >= 4 is 33.1 Å². The predicted octanol–water partition coefficient (Wildman–Crippen LogP) is 3.06. The molecule has 3 aromatic rings. The number of sulfonamides is 1. The van der Waals surface area contributed by atoms with Crippen molar-refractivity contribution in [3.63, 3.8) is 0 Å². The summed E-state index contributed by atoms with van der Waals surface area (Å²) in [7, 11) is -2.15. The number of aromatic nitrogens is 2. The molecule has 9 nitrogen and oxygen atoms in total. The molecule has 5 rings (SSSR count). The van der Waals surface area contributed by atoms with E-state index in [4.69, 9.17) is 0 Å². The fraction of sp³-hybridized carbons (Fsp3) is 0.304. The lowest BCUT2D eigenvalue weighted by molar-refractivity contribution is 0.256.